The highest BCUT2D eigenvalue weighted by atomic mass is 16.6. The molecule has 3 N–H and O–H groups in total. The molecule has 0 radical (unpaired) electrons. The van der Waals surface area contributed by atoms with E-state index in [0.717, 1.165) is 49.8 Å². The summed E-state index contributed by atoms with van der Waals surface area (Å²) in [5.41, 5.74) is 6.75. The molecule has 0 amide bonds. The molecule has 104 valence electrons. The zero-order valence-corrected chi connectivity index (χ0v) is 11.1. The van der Waals surface area contributed by atoms with E-state index in [9.17, 15) is 0 Å². The van der Waals surface area contributed by atoms with Gasteiger partial charge in [0.2, 0.25) is 0 Å². The van der Waals surface area contributed by atoms with Crippen LogP contribution in [-0.2, 0) is 0 Å². The number of nitrogens with two attached hydrogens (primary N) is 1. The van der Waals surface area contributed by atoms with Crippen LogP contribution in [0.15, 0.2) is 18.2 Å². The van der Waals surface area contributed by atoms with Crippen LogP contribution in [0, 0.1) is 0 Å². The minimum Gasteiger partial charge on any atom is -0.486 e. The monoisotopic (exact) mass is 263 g/mol. The molecular formula is C14H21N3O2. The van der Waals surface area contributed by atoms with Gasteiger partial charge in [0, 0.05) is 26.2 Å². The minimum atomic E-state index is 0.0709. The largest absolute Gasteiger partial charge is 0.486 e. The molecule has 1 atom stereocenters. The molecule has 0 spiro atoms. The number of piperazine rings is 1. The predicted octanol–water partition coefficient (Wildman–Crippen LogP) is 0.585. The number of hydrogen-bond donors (Lipinski definition) is 2. The number of nitrogens with zero attached hydrogens (tertiary/aromatic N) is 1. The van der Waals surface area contributed by atoms with Gasteiger partial charge in [-0.15, -0.1) is 0 Å². The number of anilines is 1. The minimum absolute atomic E-state index is 0.0709. The van der Waals surface area contributed by atoms with Crippen LogP contribution in [0.4, 0.5) is 5.69 Å². The molecule has 1 saturated heterocycles. The fourth-order valence-corrected chi connectivity index (χ4v) is 2.60. The Labute approximate surface area is 113 Å². The van der Waals surface area contributed by atoms with E-state index in [1.807, 2.05) is 12.1 Å². The quantitative estimate of drug-likeness (QED) is 0.835. The molecule has 19 heavy (non-hydrogen) atoms. The number of para-hydroxylation sites is 1. The van der Waals surface area contributed by atoms with E-state index in [2.05, 4.69) is 16.3 Å². The van der Waals surface area contributed by atoms with E-state index in [4.69, 9.17) is 15.2 Å². The van der Waals surface area contributed by atoms with Gasteiger partial charge in [-0.25, -0.2) is 0 Å². The van der Waals surface area contributed by atoms with Crippen molar-refractivity contribution in [3.63, 3.8) is 0 Å². The first-order valence-electron chi connectivity index (χ1n) is 6.96. The van der Waals surface area contributed by atoms with E-state index in [1.165, 1.54) is 0 Å². The molecule has 0 aliphatic carbocycles. The third-order valence-electron chi connectivity index (χ3n) is 3.61. The van der Waals surface area contributed by atoms with Gasteiger partial charge >= 0.3 is 0 Å². The lowest BCUT2D eigenvalue weighted by atomic mass is 10.2. The Morgan fingerprint density at radius 2 is 2.16 bits per heavy atom. The molecule has 1 aromatic carbocycles. The van der Waals surface area contributed by atoms with E-state index < -0.39 is 0 Å². The number of nitrogens with one attached hydrogen (secondary N) is 1. The van der Waals surface area contributed by atoms with Gasteiger partial charge in [0.1, 0.15) is 12.7 Å². The Balaban J connectivity index is 1.85. The maximum atomic E-state index is 6.09. The van der Waals surface area contributed by atoms with Crippen LogP contribution >= 0.6 is 0 Å². The number of fused-ring (bicyclic) bond motifs is 1. The molecule has 1 fully saturated rings. The average Bonchev–Trinajstić information content (AvgIpc) is 2.48. The first-order chi connectivity index (χ1) is 9.38. The zero-order valence-electron chi connectivity index (χ0n) is 11.1. The maximum absolute atomic E-state index is 6.09. The molecule has 5 heteroatoms. The summed E-state index contributed by atoms with van der Waals surface area (Å²) in [6.45, 7) is 5.24. The van der Waals surface area contributed by atoms with Crippen LogP contribution in [0.25, 0.3) is 0 Å². The number of hydrogen-bond acceptors (Lipinski definition) is 5. The second-order valence-corrected chi connectivity index (χ2v) is 4.97. The van der Waals surface area contributed by atoms with E-state index >= 15 is 0 Å². The third kappa shape index (κ3) is 2.62. The number of benzene rings is 1. The number of rotatable bonds is 3. The van der Waals surface area contributed by atoms with Crippen molar-refractivity contribution in [2.45, 2.75) is 12.5 Å². The summed E-state index contributed by atoms with van der Waals surface area (Å²) in [4.78, 5) is 2.35. The molecule has 0 aromatic heterocycles. The van der Waals surface area contributed by atoms with Gasteiger partial charge in [0.25, 0.3) is 0 Å². The molecule has 3 rings (SSSR count). The standard InChI is InChI=1S/C14H21N3O2/c15-5-4-11-10-18-13-3-1-2-12(14(13)19-11)17-8-6-16-7-9-17/h1-3,11,16H,4-10,15H2. The topological polar surface area (TPSA) is 59.8 Å². The summed E-state index contributed by atoms with van der Waals surface area (Å²) in [6, 6.07) is 6.11. The van der Waals surface area contributed by atoms with Crippen molar-refractivity contribution in [2.75, 3.05) is 44.2 Å². The Kier molecular flexibility index (Phi) is 3.75. The van der Waals surface area contributed by atoms with Gasteiger partial charge in [0.15, 0.2) is 11.5 Å². The van der Waals surface area contributed by atoms with E-state index in [1.54, 1.807) is 0 Å². The van der Waals surface area contributed by atoms with Crippen LogP contribution < -0.4 is 25.4 Å². The van der Waals surface area contributed by atoms with Gasteiger partial charge < -0.3 is 25.4 Å². The third-order valence-corrected chi connectivity index (χ3v) is 3.61. The van der Waals surface area contributed by atoms with Crippen LogP contribution in [0.1, 0.15) is 6.42 Å². The highest BCUT2D eigenvalue weighted by molar-refractivity contribution is 5.65. The summed E-state index contributed by atoms with van der Waals surface area (Å²) >= 11 is 0. The van der Waals surface area contributed by atoms with Crippen molar-refractivity contribution < 1.29 is 9.47 Å². The predicted molar refractivity (Wildman–Crippen MR) is 75.1 cm³/mol. The van der Waals surface area contributed by atoms with Crippen molar-refractivity contribution in [2.24, 2.45) is 5.73 Å². The second-order valence-electron chi connectivity index (χ2n) is 4.97. The van der Waals surface area contributed by atoms with Gasteiger partial charge in [-0.3, -0.25) is 0 Å². The fourth-order valence-electron chi connectivity index (χ4n) is 2.60. The van der Waals surface area contributed by atoms with Gasteiger partial charge in [-0.1, -0.05) is 6.07 Å². The van der Waals surface area contributed by atoms with Gasteiger partial charge in [0.05, 0.1) is 5.69 Å². The van der Waals surface area contributed by atoms with E-state index in [-0.39, 0.29) is 6.10 Å². The molecule has 5 nitrogen and oxygen atoms in total. The molecule has 0 bridgehead atoms. The molecule has 2 heterocycles. The van der Waals surface area contributed by atoms with Crippen molar-refractivity contribution in [3.05, 3.63) is 18.2 Å². The van der Waals surface area contributed by atoms with Crippen LogP contribution in [0.3, 0.4) is 0 Å². The van der Waals surface area contributed by atoms with Crippen LogP contribution in [-0.4, -0.2) is 45.4 Å². The van der Waals surface area contributed by atoms with Crippen molar-refractivity contribution >= 4 is 5.69 Å². The molecule has 1 unspecified atom stereocenters. The van der Waals surface area contributed by atoms with Gasteiger partial charge in [-0.05, 0) is 25.1 Å². The van der Waals surface area contributed by atoms with Crippen LogP contribution in [0.5, 0.6) is 11.5 Å². The smallest absolute Gasteiger partial charge is 0.185 e. The second kappa shape index (κ2) is 5.67. The number of ether oxygens (including phenoxy) is 2. The summed E-state index contributed by atoms with van der Waals surface area (Å²) < 4.78 is 11.9. The highest BCUT2D eigenvalue weighted by Crippen LogP contribution is 2.41. The van der Waals surface area contributed by atoms with Gasteiger partial charge in [-0.2, -0.15) is 0 Å². The lowest BCUT2D eigenvalue weighted by Crippen LogP contribution is -2.44. The molecule has 1 aromatic rings. The summed E-state index contributed by atoms with van der Waals surface area (Å²) in [5.74, 6) is 1.73. The fraction of sp³-hybridized carbons (Fsp3) is 0.571. The van der Waals surface area contributed by atoms with Crippen molar-refractivity contribution in [1.29, 1.82) is 0 Å². The lowest BCUT2D eigenvalue weighted by Gasteiger charge is -2.34. The molecule has 0 saturated carbocycles. The normalized spacial score (nSPS) is 22.4. The summed E-state index contributed by atoms with van der Waals surface area (Å²) in [6.07, 6.45) is 0.900. The zero-order chi connectivity index (χ0) is 13.1. The van der Waals surface area contributed by atoms with E-state index in [0.29, 0.717) is 13.2 Å². The Morgan fingerprint density at radius 1 is 1.32 bits per heavy atom. The molecule has 2 aliphatic rings. The van der Waals surface area contributed by atoms with Crippen molar-refractivity contribution in [1.82, 2.24) is 5.32 Å². The Morgan fingerprint density at radius 3 is 2.95 bits per heavy atom. The first kappa shape index (κ1) is 12.6. The Hall–Kier alpha value is -1.46. The lowest BCUT2D eigenvalue weighted by molar-refractivity contribution is 0.0871. The summed E-state index contributed by atoms with van der Waals surface area (Å²) in [7, 11) is 0. The molecule has 2 aliphatic heterocycles. The maximum Gasteiger partial charge on any atom is 0.185 e. The highest BCUT2D eigenvalue weighted by Gasteiger charge is 2.25. The van der Waals surface area contributed by atoms with Crippen molar-refractivity contribution in [3.8, 4) is 11.5 Å². The summed E-state index contributed by atoms with van der Waals surface area (Å²) in [5, 5.41) is 3.36. The molecular weight excluding hydrogens is 242 g/mol. The average molecular weight is 263 g/mol. The Bertz CT molecular complexity index is 433. The first-order valence-corrected chi connectivity index (χ1v) is 6.96. The van der Waals surface area contributed by atoms with Crippen LogP contribution in [0.2, 0.25) is 0 Å². The SMILES string of the molecule is NCCC1COc2cccc(N3CCNCC3)c2O1.